The molecular weight excluding hydrogens is 188 g/mol. The molecule has 3 fully saturated rings. The number of hydrogen-bond donors (Lipinski definition) is 0. The Bertz CT molecular complexity index is 207. The van der Waals surface area contributed by atoms with Crippen molar-refractivity contribution in [1.29, 1.82) is 0 Å². The Morgan fingerprint density at radius 1 is 0.867 bits per heavy atom. The second kappa shape index (κ2) is 4.42. The largest absolute Gasteiger partial charge is 0.378 e. The predicted molar refractivity (Wildman–Crippen MR) is 58.8 cm³/mol. The van der Waals surface area contributed by atoms with Crippen molar-refractivity contribution in [2.75, 3.05) is 6.61 Å². The van der Waals surface area contributed by atoms with Gasteiger partial charge in [-0.1, -0.05) is 19.3 Å². The molecule has 3 aliphatic rings. The van der Waals surface area contributed by atoms with E-state index >= 15 is 0 Å². The van der Waals surface area contributed by atoms with E-state index in [2.05, 4.69) is 0 Å². The Morgan fingerprint density at radius 3 is 2.40 bits per heavy atom. The highest BCUT2D eigenvalue weighted by Gasteiger charge is 2.41. The summed E-state index contributed by atoms with van der Waals surface area (Å²) in [6.07, 6.45) is 12.3. The maximum absolute atomic E-state index is 6.09. The summed E-state index contributed by atoms with van der Waals surface area (Å²) < 4.78 is 11.8. The molecule has 0 spiro atoms. The van der Waals surface area contributed by atoms with E-state index in [1.165, 1.54) is 51.4 Å². The quantitative estimate of drug-likeness (QED) is 0.694. The molecular formula is C13H22O2. The summed E-state index contributed by atoms with van der Waals surface area (Å²) in [6, 6.07) is 0. The van der Waals surface area contributed by atoms with Gasteiger partial charge >= 0.3 is 0 Å². The molecule has 0 aromatic heterocycles. The van der Waals surface area contributed by atoms with Gasteiger partial charge in [0.2, 0.25) is 0 Å². The van der Waals surface area contributed by atoms with Crippen molar-refractivity contribution in [3.63, 3.8) is 0 Å². The van der Waals surface area contributed by atoms with E-state index in [1.54, 1.807) is 0 Å². The first kappa shape index (κ1) is 10.1. The zero-order valence-electron chi connectivity index (χ0n) is 9.49. The highest BCUT2D eigenvalue weighted by Crippen LogP contribution is 2.38. The van der Waals surface area contributed by atoms with E-state index in [1.807, 2.05) is 0 Å². The van der Waals surface area contributed by atoms with Gasteiger partial charge in [0.25, 0.3) is 0 Å². The third-order valence-corrected chi connectivity index (χ3v) is 3.85. The third kappa shape index (κ3) is 2.94. The van der Waals surface area contributed by atoms with Crippen LogP contribution in [0.25, 0.3) is 0 Å². The molecule has 86 valence electrons. The highest BCUT2D eigenvalue weighted by molar-refractivity contribution is 4.90. The van der Waals surface area contributed by atoms with Gasteiger partial charge in [0, 0.05) is 5.92 Å². The first-order valence-corrected chi connectivity index (χ1v) is 6.69. The molecule has 0 heterocycles. The minimum absolute atomic E-state index is 0.548. The van der Waals surface area contributed by atoms with Crippen LogP contribution in [0.5, 0.6) is 0 Å². The first-order valence-electron chi connectivity index (χ1n) is 6.69. The number of ether oxygens (including phenoxy) is 2. The van der Waals surface area contributed by atoms with E-state index < -0.39 is 0 Å². The lowest BCUT2D eigenvalue weighted by Crippen LogP contribution is -2.19. The standard InChI is InChI=1S/C13H22O2/c1-2-4-12(5-3-1)15-13-8-10(13)9-14-11-6-7-11/h10-13H,1-9H2. The van der Waals surface area contributed by atoms with Crippen LogP contribution in [-0.4, -0.2) is 24.9 Å². The van der Waals surface area contributed by atoms with Crippen LogP contribution in [0.15, 0.2) is 0 Å². The monoisotopic (exact) mass is 210 g/mol. The summed E-state index contributed by atoms with van der Waals surface area (Å²) >= 11 is 0. The van der Waals surface area contributed by atoms with Crippen molar-refractivity contribution in [3.05, 3.63) is 0 Å². The second-order valence-corrected chi connectivity index (χ2v) is 5.46. The van der Waals surface area contributed by atoms with Crippen LogP contribution in [-0.2, 0) is 9.47 Å². The van der Waals surface area contributed by atoms with E-state index in [0.717, 1.165) is 12.5 Å². The van der Waals surface area contributed by atoms with E-state index in [0.29, 0.717) is 18.3 Å². The fourth-order valence-corrected chi connectivity index (χ4v) is 2.50. The van der Waals surface area contributed by atoms with Crippen LogP contribution in [0.3, 0.4) is 0 Å². The van der Waals surface area contributed by atoms with Gasteiger partial charge in [0.1, 0.15) is 0 Å². The Balaban J connectivity index is 1.31. The van der Waals surface area contributed by atoms with Gasteiger partial charge in [-0.2, -0.15) is 0 Å². The summed E-state index contributed by atoms with van der Waals surface area (Å²) in [7, 11) is 0. The maximum Gasteiger partial charge on any atom is 0.0634 e. The van der Waals surface area contributed by atoms with Crippen molar-refractivity contribution >= 4 is 0 Å². The highest BCUT2D eigenvalue weighted by atomic mass is 16.5. The zero-order chi connectivity index (χ0) is 10.1. The van der Waals surface area contributed by atoms with Crippen LogP contribution in [0.1, 0.15) is 51.4 Å². The SMILES string of the molecule is C1CCC(OC2CC2COC2CC2)CC1. The molecule has 15 heavy (non-hydrogen) atoms. The third-order valence-electron chi connectivity index (χ3n) is 3.85. The summed E-state index contributed by atoms with van der Waals surface area (Å²) in [5.74, 6) is 0.729. The van der Waals surface area contributed by atoms with Crippen molar-refractivity contribution in [2.24, 2.45) is 5.92 Å². The van der Waals surface area contributed by atoms with E-state index in [4.69, 9.17) is 9.47 Å². The molecule has 0 saturated heterocycles. The molecule has 0 N–H and O–H groups in total. The lowest BCUT2D eigenvalue weighted by atomic mass is 9.98. The Kier molecular flexibility index (Phi) is 2.98. The molecule has 2 unspecified atom stereocenters. The fraction of sp³-hybridized carbons (Fsp3) is 1.00. The number of hydrogen-bond acceptors (Lipinski definition) is 2. The van der Waals surface area contributed by atoms with Crippen molar-refractivity contribution in [3.8, 4) is 0 Å². The molecule has 0 radical (unpaired) electrons. The molecule has 0 aliphatic heterocycles. The molecule has 0 aromatic rings. The minimum atomic E-state index is 0.548. The maximum atomic E-state index is 6.09. The van der Waals surface area contributed by atoms with Crippen molar-refractivity contribution in [2.45, 2.75) is 69.7 Å². The van der Waals surface area contributed by atoms with Crippen LogP contribution >= 0.6 is 0 Å². The predicted octanol–water partition coefficient (Wildman–Crippen LogP) is 2.90. The molecule has 3 saturated carbocycles. The fourth-order valence-electron chi connectivity index (χ4n) is 2.50. The Morgan fingerprint density at radius 2 is 1.67 bits per heavy atom. The Hall–Kier alpha value is -0.0800. The summed E-state index contributed by atoms with van der Waals surface area (Å²) in [5.41, 5.74) is 0. The van der Waals surface area contributed by atoms with Gasteiger partial charge in [0.15, 0.2) is 0 Å². The van der Waals surface area contributed by atoms with Gasteiger partial charge in [-0.05, 0) is 32.1 Å². The van der Waals surface area contributed by atoms with Gasteiger partial charge < -0.3 is 9.47 Å². The molecule has 2 heteroatoms. The summed E-state index contributed by atoms with van der Waals surface area (Å²) in [4.78, 5) is 0. The van der Waals surface area contributed by atoms with Crippen LogP contribution in [0, 0.1) is 5.92 Å². The smallest absolute Gasteiger partial charge is 0.0634 e. The topological polar surface area (TPSA) is 18.5 Å². The summed E-state index contributed by atoms with van der Waals surface area (Å²) in [5, 5.41) is 0. The van der Waals surface area contributed by atoms with Crippen molar-refractivity contribution in [1.82, 2.24) is 0 Å². The first-order chi connectivity index (χ1) is 7.42. The average molecular weight is 210 g/mol. The van der Waals surface area contributed by atoms with Gasteiger partial charge in [-0.3, -0.25) is 0 Å². The second-order valence-electron chi connectivity index (χ2n) is 5.46. The normalized spacial score (nSPS) is 36.8. The van der Waals surface area contributed by atoms with E-state index in [9.17, 15) is 0 Å². The van der Waals surface area contributed by atoms with Crippen LogP contribution in [0.4, 0.5) is 0 Å². The molecule has 2 atom stereocenters. The molecule has 0 bridgehead atoms. The average Bonchev–Trinajstić information content (AvgIpc) is 3.12. The molecule has 3 aliphatic carbocycles. The molecule has 3 rings (SSSR count). The van der Waals surface area contributed by atoms with E-state index in [-0.39, 0.29) is 0 Å². The van der Waals surface area contributed by atoms with Crippen molar-refractivity contribution < 1.29 is 9.47 Å². The van der Waals surface area contributed by atoms with Gasteiger partial charge in [0.05, 0.1) is 24.9 Å². The summed E-state index contributed by atoms with van der Waals surface area (Å²) in [6.45, 7) is 0.960. The lowest BCUT2D eigenvalue weighted by Gasteiger charge is -2.22. The minimum Gasteiger partial charge on any atom is -0.378 e. The number of rotatable bonds is 5. The lowest BCUT2D eigenvalue weighted by molar-refractivity contribution is -0.000107. The Labute approximate surface area is 92.3 Å². The molecule has 2 nitrogen and oxygen atoms in total. The van der Waals surface area contributed by atoms with Crippen LogP contribution in [0.2, 0.25) is 0 Å². The zero-order valence-corrected chi connectivity index (χ0v) is 9.49. The van der Waals surface area contributed by atoms with Gasteiger partial charge in [-0.25, -0.2) is 0 Å². The molecule has 0 aromatic carbocycles. The van der Waals surface area contributed by atoms with Gasteiger partial charge in [-0.15, -0.1) is 0 Å². The van der Waals surface area contributed by atoms with Crippen LogP contribution < -0.4 is 0 Å². The molecule has 0 amide bonds.